The Bertz CT molecular complexity index is 315. The fourth-order valence-electron chi connectivity index (χ4n) is 1.32. The van der Waals surface area contributed by atoms with Crippen molar-refractivity contribution >= 4 is 21.6 Å². The highest BCUT2D eigenvalue weighted by Crippen LogP contribution is 2.20. The van der Waals surface area contributed by atoms with Gasteiger partial charge in [0.25, 0.3) is 0 Å². The summed E-state index contributed by atoms with van der Waals surface area (Å²) in [4.78, 5) is 0. The van der Waals surface area contributed by atoms with E-state index in [-0.39, 0.29) is 0 Å². The van der Waals surface area contributed by atoms with Crippen LogP contribution in [0, 0.1) is 6.92 Å². The number of hydrogen-bond donors (Lipinski definition) is 1. The lowest BCUT2D eigenvalue weighted by Crippen LogP contribution is -2.09. The van der Waals surface area contributed by atoms with Crippen molar-refractivity contribution in [1.82, 2.24) is 0 Å². The minimum atomic E-state index is 0.769. The van der Waals surface area contributed by atoms with Gasteiger partial charge in [-0.2, -0.15) is 0 Å². The zero-order valence-corrected chi connectivity index (χ0v) is 11.6. The molecule has 2 nitrogen and oxygen atoms in total. The third-order valence-corrected chi connectivity index (χ3v) is 3.24. The van der Waals surface area contributed by atoms with Gasteiger partial charge in [0, 0.05) is 23.3 Å². The molecule has 0 bridgehead atoms. The normalized spacial score (nSPS) is 10.4. The Morgan fingerprint density at radius 1 is 1.31 bits per heavy atom. The highest BCUT2D eigenvalue weighted by atomic mass is 79.9. The molecule has 0 aliphatic rings. The summed E-state index contributed by atoms with van der Waals surface area (Å²) in [7, 11) is 0. The van der Waals surface area contributed by atoms with Gasteiger partial charge in [0.2, 0.25) is 0 Å². The molecule has 0 unspecified atom stereocenters. The highest BCUT2D eigenvalue weighted by Gasteiger charge is 1.96. The molecule has 16 heavy (non-hydrogen) atoms. The number of benzene rings is 1. The molecule has 1 rings (SSSR count). The first-order valence-electron chi connectivity index (χ1n) is 5.82. The van der Waals surface area contributed by atoms with Crippen molar-refractivity contribution in [3.05, 3.63) is 28.2 Å². The van der Waals surface area contributed by atoms with Gasteiger partial charge in [0.05, 0.1) is 6.61 Å². The standard InChI is InChI=1S/C13H20BrNO/c1-3-4-8-16-9-7-15-12-6-5-11(2)13(14)10-12/h5-6,10,15H,3-4,7-9H2,1-2H3. The van der Waals surface area contributed by atoms with Crippen molar-refractivity contribution in [3.63, 3.8) is 0 Å². The molecule has 0 aliphatic carbocycles. The molecule has 0 heterocycles. The summed E-state index contributed by atoms with van der Waals surface area (Å²) in [5.74, 6) is 0. The minimum absolute atomic E-state index is 0.769. The third-order valence-electron chi connectivity index (χ3n) is 2.39. The van der Waals surface area contributed by atoms with Gasteiger partial charge in [-0.05, 0) is 31.0 Å². The van der Waals surface area contributed by atoms with Crippen LogP contribution in [-0.4, -0.2) is 19.8 Å². The maximum atomic E-state index is 5.48. The topological polar surface area (TPSA) is 21.3 Å². The maximum absolute atomic E-state index is 5.48. The maximum Gasteiger partial charge on any atom is 0.0639 e. The van der Waals surface area contributed by atoms with E-state index in [0.717, 1.165) is 36.3 Å². The summed E-state index contributed by atoms with van der Waals surface area (Å²) in [6.07, 6.45) is 2.34. The summed E-state index contributed by atoms with van der Waals surface area (Å²) < 4.78 is 6.62. The van der Waals surface area contributed by atoms with Crippen molar-refractivity contribution in [2.24, 2.45) is 0 Å². The van der Waals surface area contributed by atoms with Crippen LogP contribution < -0.4 is 5.32 Å². The Balaban J connectivity index is 2.19. The Morgan fingerprint density at radius 3 is 2.81 bits per heavy atom. The number of aryl methyl sites for hydroxylation is 1. The van der Waals surface area contributed by atoms with Gasteiger partial charge in [-0.1, -0.05) is 35.3 Å². The van der Waals surface area contributed by atoms with Crippen LogP contribution in [0.2, 0.25) is 0 Å². The van der Waals surface area contributed by atoms with E-state index in [1.165, 1.54) is 12.0 Å². The summed E-state index contributed by atoms with van der Waals surface area (Å²) in [6.45, 7) is 6.76. The molecule has 0 aromatic heterocycles. The van der Waals surface area contributed by atoms with Crippen LogP contribution in [0.5, 0.6) is 0 Å². The molecule has 0 saturated heterocycles. The first-order chi connectivity index (χ1) is 7.74. The fraction of sp³-hybridized carbons (Fsp3) is 0.538. The molecule has 0 fully saturated rings. The lowest BCUT2D eigenvalue weighted by molar-refractivity contribution is 0.141. The second-order valence-corrected chi connectivity index (χ2v) is 4.71. The van der Waals surface area contributed by atoms with Crippen LogP contribution in [0.1, 0.15) is 25.3 Å². The zero-order chi connectivity index (χ0) is 11.8. The largest absolute Gasteiger partial charge is 0.383 e. The Hall–Kier alpha value is -0.540. The SMILES string of the molecule is CCCCOCCNc1ccc(C)c(Br)c1. The first kappa shape index (κ1) is 13.5. The second kappa shape index (κ2) is 7.69. The van der Waals surface area contributed by atoms with Crippen LogP contribution in [0.25, 0.3) is 0 Å². The number of hydrogen-bond acceptors (Lipinski definition) is 2. The monoisotopic (exact) mass is 285 g/mol. The molecule has 0 radical (unpaired) electrons. The molecular weight excluding hydrogens is 266 g/mol. The molecule has 0 spiro atoms. The van der Waals surface area contributed by atoms with Gasteiger partial charge in [0.1, 0.15) is 0 Å². The average Bonchev–Trinajstić information content (AvgIpc) is 2.28. The third kappa shape index (κ3) is 4.99. The second-order valence-electron chi connectivity index (χ2n) is 3.86. The lowest BCUT2D eigenvalue weighted by atomic mass is 10.2. The van der Waals surface area contributed by atoms with Gasteiger partial charge in [-0.25, -0.2) is 0 Å². The smallest absolute Gasteiger partial charge is 0.0639 e. The predicted octanol–water partition coefficient (Wildman–Crippen LogP) is 3.99. The van der Waals surface area contributed by atoms with Gasteiger partial charge < -0.3 is 10.1 Å². The lowest BCUT2D eigenvalue weighted by Gasteiger charge is -2.08. The van der Waals surface area contributed by atoms with Crippen LogP contribution in [0.15, 0.2) is 22.7 Å². The summed E-state index contributed by atoms with van der Waals surface area (Å²) >= 11 is 3.52. The van der Waals surface area contributed by atoms with Gasteiger partial charge in [-0.3, -0.25) is 0 Å². The zero-order valence-electron chi connectivity index (χ0n) is 10.1. The number of ether oxygens (including phenoxy) is 1. The van der Waals surface area contributed by atoms with E-state index in [1.54, 1.807) is 0 Å². The Morgan fingerprint density at radius 2 is 2.12 bits per heavy atom. The van der Waals surface area contributed by atoms with E-state index >= 15 is 0 Å². The van der Waals surface area contributed by atoms with Crippen LogP contribution in [0.3, 0.4) is 0 Å². The van der Waals surface area contributed by atoms with E-state index < -0.39 is 0 Å². The van der Waals surface area contributed by atoms with Crippen LogP contribution in [-0.2, 0) is 4.74 Å². The van der Waals surface area contributed by atoms with Gasteiger partial charge in [-0.15, -0.1) is 0 Å². The minimum Gasteiger partial charge on any atom is -0.383 e. The van der Waals surface area contributed by atoms with Crippen LogP contribution in [0.4, 0.5) is 5.69 Å². The molecule has 3 heteroatoms. The van der Waals surface area contributed by atoms with Crippen molar-refractivity contribution in [1.29, 1.82) is 0 Å². The molecule has 1 aromatic carbocycles. The van der Waals surface area contributed by atoms with E-state index in [4.69, 9.17) is 4.74 Å². The number of anilines is 1. The van der Waals surface area contributed by atoms with Crippen molar-refractivity contribution in [2.45, 2.75) is 26.7 Å². The fourth-order valence-corrected chi connectivity index (χ4v) is 1.70. The van der Waals surface area contributed by atoms with E-state index in [9.17, 15) is 0 Å². The van der Waals surface area contributed by atoms with E-state index in [1.807, 2.05) is 0 Å². The van der Waals surface area contributed by atoms with Gasteiger partial charge >= 0.3 is 0 Å². The Kier molecular flexibility index (Phi) is 6.50. The quantitative estimate of drug-likeness (QED) is 0.765. The number of unbranched alkanes of at least 4 members (excludes halogenated alkanes) is 1. The first-order valence-corrected chi connectivity index (χ1v) is 6.61. The molecule has 0 atom stereocenters. The van der Waals surface area contributed by atoms with E-state index in [0.29, 0.717) is 0 Å². The molecule has 1 aromatic rings. The summed E-state index contributed by atoms with van der Waals surface area (Å²) in [6, 6.07) is 6.29. The molecule has 0 saturated carbocycles. The molecular formula is C13H20BrNO. The average molecular weight is 286 g/mol. The number of rotatable bonds is 7. The predicted molar refractivity (Wildman–Crippen MR) is 73.1 cm³/mol. The molecule has 90 valence electrons. The molecule has 1 N–H and O–H groups in total. The molecule has 0 aliphatic heterocycles. The van der Waals surface area contributed by atoms with Crippen LogP contribution >= 0.6 is 15.9 Å². The number of halogens is 1. The number of nitrogens with one attached hydrogen (secondary N) is 1. The summed E-state index contributed by atoms with van der Waals surface area (Å²) in [5, 5.41) is 3.33. The Labute approximate surface area is 107 Å². The van der Waals surface area contributed by atoms with E-state index in [2.05, 4.69) is 53.3 Å². The van der Waals surface area contributed by atoms with Crippen molar-refractivity contribution in [2.75, 3.05) is 25.1 Å². The van der Waals surface area contributed by atoms with Gasteiger partial charge in [0.15, 0.2) is 0 Å². The van der Waals surface area contributed by atoms with Crippen molar-refractivity contribution < 1.29 is 4.74 Å². The van der Waals surface area contributed by atoms with Crippen molar-refractivity contribution in [3.8, 4) is 0 Å². The highest BCUT2D eigenvalue weighted by molar-refractivity contribution is 9.10. The summed E-state index contributed by atoms with van der Waals surface area (Å²) in [5.41, 5.74) is 2.39. The molecule has 0 amide bonds.